The van der Waals surface area contributed by atoms with Crippen molar-refractivity contribution in [3.05, 3.63) is 12.7 Å². The van der Waals surface area contributed by atoms with Crippen molar-refractivity contribution in [1.82, 2.24) is 0 Å². The molecule has 0 aliphatic rings. The molecule has 76 valence electrons. The van der Waals surface area contributed by atoms with Crippen LogP contribution in [-0.2, 0) is 14.3 Å². The molecule has 0 rings (SSSR count). The van der Waals surface area contributed by atoms with E-state index in [1.807, 2.05) is 0 Å². The predicted molar refractivity (Wildman–Crippen MR) is 51.5 cm³/mol. The van der Waals surface area contributed by atoms with Crippen molar-refractivity contribution in [2.75, 3.05) is 13.7 Å². The zero-order valence-corrected chi connectivity index (χ0v) is 8.41. The molecule has 0 aliphatic carbocycles. The SMILES string of the molecule is C=CC(=O)OCCCC(CC)OC. The molecule has 0 radical (unpaired) electrons. The molecule has 0 amide bonds. The zero-order chi connectivity index (χ0) is 10.1. The molecule has 0 heterocycles. The van der Waals surface area contributed by atoms with Crippen molar-refractivity contribution >= 4 is 5.97 Å². The van der Waals surface area contributed by atoms with Gasteiger partial charge in [-0.25, -0.2) is 4.79 Å². The minimum absolute atomic E-state index is 0.280. The van der Waals surface area contributed by atoms with Gasteiger partial charge in [0.25, 0.3) is 0 Å². The van der Waals surface area contributed by atoms with Gasteiger partial charge in [0.15, 0.2) is 0 Å². The summed E-state index contributed by atoms with van der Waals surface area (Å²) in [7, 11) is 1.70. The van der Waals surface area contributed by atoms with Crippen LogP contribution in [0.15, 0.2) is 12.7 Å². The van der Waals surface area contributed by atoms with Crippen molar-refractivity contribution in [1.29, 1.82) is 0 Å². The van der Waals surface area contributed by atoms with E-state index in [2.05, 4.69) is 13.5 Å². The van der Waals surface area contributed by atoms with E-state index in [-0.39, 0.29) is 12.1 Å². The molecule has 0 aromatic heterocycles. The lowest BCUT2D eigenvalue weighted by molar-refractivity contribution is -0.138. The number of esters is 1. The van der Waals surface area contributed by atoms with Crippen LogP contribution in [0, 0.1) is 0 Å². The molecule has 0 N–H and O–H groups in total. The van der Waals surface area contributed by atoms with E-state index in [1.165, 1.54) is 6.08 Å². The summed E-state index contributed by atoms with van der Waals surface area (Å²) in [6, 6.07) is 0. The highest BCUT2D eigenvalue weighted by atomic mass is 16.5. The number of rotatable bonds is 7. The molecule has 13 heavy (non-hydrogen) atoms. The van der Waals surface area contributed by atoms with Gasteiger partial charge >= 0.3 is 5.97 Å². The first-order chi connectivity index (χ1) is 6.24. The molecule has 0 saturated heterocycles. The second kappa shape index (κ2) is 7.80. The lowest BCUT2D eigenvalue weighted by Gasteiger charge is -2.11. The Hall–Kier alpha value is -0.830. The van der Waals surface area contributed by atoms with E-state index in [1.54, 1.807) is 7.11 Å². The Morgan fingerprint density at radius 2 is 2.31 bits per heavy atom. The normalized spacial score (nSPS) is 12.2. The third kappa shape index (κ3) is 6.34. The summed E-state index contributed by atoms with van der Waals surface area (Å²) < 4.78 is 9.99. The van der Waals surface area contributed by atoms with Crippen LogP contribution in [0.1, 0.15) is 26.2 Å². The van der Waals surface area contributed by atoms with Gasteiger partial charge in [-0.3, -0.25) is 0 Å². The molecule has 0 bridgehead atoms. The summed E-state index contributed by atoms with van der Waals surface area (Å²) in [5.41, 5.74) is 0. The fourth-order valence-corrected chi connectivity index (χ4v) is 1.03. The lowest BCUT2D eigenvalue weighted by Crippen LogP contribution is -2.11. The molecule has 3 nitrogen and oxygen atoms in total. The maximum absolute atomic E-state index is 10.6. The van der Waals surface area contributed by atoms with Crippen LogP contribution in [0.5, 0.6) is 0 Å². The van der Waals surface area contributed by atoms with Gasteiger partial charge in [0.05, 0.1) is 12.7 Å². The van der Waals surface area contributed by atoms with Gasteiger partial charge in [-0.1, -0.05) is 13.5 Å². The first-order valence-corrected chi connectivity index (χ1v) is 4.56. The minimum Gasteiger partial charge on any atom is -0.463 e. The molecule has 0 saturated carbocycles. The van der Waals surface area contributed by atoms with Gasteiger partial charge in [-0.15, -0.1) is 0 Å². The maximum atomic E-state index is 10.6. The molecular weight excluding hydrogens is 168 g/mol. The largest absolute Gasteiger partial charge is 0.463 e. The fraction of sp³-hybridized carbons (Fsp3) is 0.700. The van der Waals surface area contributed by atoms with E-state index in [4.69, 9.17) is 9.47 Å². The Bertz CT molecular complexity index is 150. The molecule has 1 atom stereocenters. The molecule has 0 spiro atoms. The van der Waals surface area contributed by atoms with E-state index >= 15 is 0 Å². The Morgan fingerprint density at radius 1 is 1.62 bits per heavy atom. The van der Waals surface area contributed by atoms with E-state index in [9.17, 15) is 4.79 Å². The second-order valence-electron chi connectivity index (χ2n) is 2.78. The van der Waals surface area contributed by atoms with Crippen LogP contribution >= 0.6 is 0 Å². The summed E-state index contributed by atoms with van der Waals surface area (Å²) in [5, 5.41) is 0. The molecule has 0 fully saturated rings. The summed E-state index contributed by atoms with van der Waals surface area (Å²) in [4.78, 5) is 10.6. The molecule has 0 aromatic carbocycles. The van der Waals surface area contributed by atoms with E-state index in [0.29, 0.717) is 6.61 Å². The van der Waals surface area contributed by atoms with Crippen LogP contribution in [0.3, 0.4) is 0 Å². The summed E-state index contributed by atoms with van der Waals surface area (Å²) in [6.07, 6.45) is 4.21. The Balaban J connectivity index is 3.33. The number of methoxy groups -OCH3 is 1. The number of hydrogen-bond acceptors (Lipinski definition) is 3. The number of carbonyl (C=O) groups excluding carboxylic acids is 1. The first kappa shape index (κ1) is 12.2. The van der Waals surface area contributed by atoms with Crippen molar-refractivity contribution < 1.29 is 14.3 Å². The standard InChI is InChI=1S/C10H18O3/c1-4-9(12-3)7-6-8-13-10(11)5-2/h5,9H,2,4,6-8H2,1,3H3. The average Bonchev–Trinajstić information content (AvgIpc) is 2.18. The number of ether oxygens (including phenoxy) is 2. The monoisotopic (exact) mass is 186 g/mol. The quantitative estimate of drug-likeness (QED) is 0.346. The summed E-state index contributed by atoms with van der Waals surface area (Å²) in [6.45, 7) is 5.83. The van der Waals surface area contributed by atoms with Gasteiger partial charge in [0, 0.05) is 13.2 Å². The van der Waals surface area contributed by atoms with Crippen molar-refractivity contribution in [2.24, 2.45) is 0 Å². The second-order valence-corrected chi connectivity index (χ2v) is 2.78. The van der Waals surface area contributed by atoms with Gasteiger partial charge < -0.3 is 9.47 Å². The van der Waals surface area contributed by atoms with Crippen LogP contribution in [0.2, 0.25) is 0 Å². The summed E-state index contributed by atoms with van der Waals surface area (Å²) in [5.74, 6) is -0.356. The van der Waals surface area contributed by atoms with Crippen LogP contribution in [0.4, 0.5) is 0 Å². The zero-order valence-electron chi connectivity index (χ0n) is 8.41. The molecule has 3 heteroatoms. The topological polar surface area (TPSA) is 35.5 Å². The van der Waals surface area contributed by atoms with Crippen LogP contribution in [-0.4, -0.2) is 25.8 Å². The lowest BCUT2D eigenvalue weighted by atomic mass is 10.1. The molecule has 1 unspecified atom stereocenters. The third-order valence-electron chi connectivity index (χ3n) is 1.87. The molecule has 0 aliphatic heterocycles. The number of hydrogen-bond donors (Lipinski definition) is 0. The van der Waals surface area contributed by atoms with Crippen LogP contribution < -0.4 is 0 Å². The third-order valence-corrected chi connectivity index (χ3v) is 1.87. The van der Waals surface area contributed by atoms with Gasteiger partial charge in [0.1, 0.15) is 0 Å². The van der Waals surface area contributed by atoms with Crippen molar-refractivity contribution in [3.63, 3.8) is 0 Å². The Labute approximate surface area is 79.7 Å². The van der Waals surface area contributed by atoms with Gasteiger partial charge in [0.2, 0.25) is 0 Å². The van der Waals surface area contributed by atoms with Crippen molar-refractivity contribution in [3.8, 4) is 0 Å². The Morgan fingerprint density at radius 3 is 2.77 bits per heavy atom. The highest BCUT2D eigenvalue weighted by Crippen LogP contribution is 2.05. The van der Waals surface area contributed by atoms with Crippen LogP contribution in [0.25, 0.3) is 0 Å². The first-order valence-electron chi connectivity index (χ1n) is 4.56. The molecule has 0 aromatic rings. The Kier molecular flexibility index (Phi) is 7.30. The van der Waals surface area contributed by atoms with Crippen molar-refractivity contribution in [2.45, 2.75) is 32.3 Å². The average molecular weight is 186 g/mol. The summed E-state index contributed by atoms with van der Waals surface area (Å²) >= 11 is 0. The van der Waals surface area contributed by atoms with Gasteiger partial charge in [-0.2, -0.15) is 0 Å². The van der Waals surface area contributed by atoms with Gasteiger partial charge in [-0.05, 0) is 19.3 Å². The number of carbonyl (C=O) groups is 1. The minimum atomic E-state index is -0.356. The van der Waals surface area contributed by atoms with E-state index < -0.39 is 0 Å². The predicted octanol–water partition coefficient (Wildman–Crippen LogP) is 1.92. The van der Waals surface area contributed by atoms with E-state index in [0.717, 1.165) is 19.3 Å². The highest BCUT2D eigenvalue weighted by molar-refractivity contribution is 5.81. The fourth-order valence-electron chi connectivity index (χ4n) is 1.03. The maximum Gasteiger partial charge on any atom is 0.330 e. The highest BCUT2D eigenvalue weighted by Gasteiger charge is 2.03. The smallest absolute Gasteiger partial charge is 0.330 e. The molecular formula is C10H18O3.